The van der Waals surface area contributed by atoms with Crippen LogP contribution in [0.1, 0.15) is 0 Å². The molecule has 0 aromatic rings. The Bertz CT molecular complexity index is 73.8. The molecule has 0 aliphatic carbocycles. The lowest BCUT2D eigenvalue weighted by Crippen LogP contribution is -2.30. The molecule has 0 amide bonds. The van der Waals surface area contributed by atoms with Crippen molar-refractivity contribution >= 4 is 0 Å². The minimum Gasteiger partial charge on any atom is -0.379 e. The largest absolute Gasteiger partial charge is 0.379 e. The van der Waals surface area contributed by atoms with Gasteiger partial charge in [-0.15, -0.1) is 0 Å². The topological polar surface area (TPSA) is 35.5 Å². The van der Waals surface area contributed by atoms with E-state index in [0.717, 1.165) is 6.54 Å². The summed E-state index contributed by atoms with van der Waals surface area (Å²) in [5.41, 5.74) is 2.81. The number of aliphatic hydroxyl groups excluding tert-OH is 1. The molecule has 0 saturated heterocycles. The first-order valence-corrected chi connectivity index (χ1v) is 2.20. The summed E-state index contributed by atoms with van der Waals surface area (Å²) in [6.45, 7) is 0.878. The minimum absolute atomic E-state index is 0.0764. The maximum absolute atomic E-state index is 8.39. The molecule has 0 atom stereocenters. The summed E-state index contributed by atoms with van der Waals surface area (Å²) in [5.74, 6) is 0. The molecule has 0 fully saturated rings. The van der Waals surface area contributed by atoms with E-state index in [1.54, 1.807) is 11.2 Å². The van der Waals surface area contributed by atoms with Gasteiger partial charge in [0.05, 0.1) is 0 Å². The number of hydrazine groups is 1. The first-order valence-electron chi connectivity index (χ1n) is 2.20. The highest BCUT2D eigenvalue weighted by molar-refractivity contribution is 4.87. The van der Waals surface area contributed by atoms with E-state index < -0.39 is 0 Å². The van der Waals surface area contributed by atoms with Crippen LogP contribution in [0.2, 0.25) is 0 Å². The molecular weight excluding hydrogens is 92.1 g/mol. The van der Waals surface area contributed by atoms with Crippen LogP contribution in [0.3, 0.4) is 0 Å². The van der Waals surface area contributed by atoms with Gasteiger partial charge in [-0.3, -0.25) is 0 Å². The van der Waals surface area contributed by atoms with E-state index in [2.05, 4.69) is 5.43 Å². The molecule has 0 saturated carbocycles. The molecule has 3 heteroatoms. The van der Waals surface area contributed by atoms with Crippen molar-refractivity contribution in [2.75, 3.05) is 13.3 Å². The number of hydrogen-bond donors (Lipinski definition) is 2. The smallest absolute Gasteiger partial charge is 0.113 e. The van der Waals surface area contributed by atoms with E-state index in [4.69, 9.17) is 5.11 Å². The van der Waals surface area contributed by atoms with Gasteiger partial charge in [-0.1, -0.05) is 6.08 Å². The Balaban J connectivity index is 2.22. The Morgan fingerprint density at radius 1 is 1.86 bits per heavy atom. The monoisotopic (exact) mass is 100 g/mol. The lowest BCUT2D eigenvalue weighted by Gasteiger charge is -2.09. The first-order chi connectivity index (χ1) is 3.43. The molecule has 1 aliphatic heterocycles. The maximum Gasteiger partial charge on any atom is 0.113 e. The number of hydrogen-bond acceptors (Lipinski definition) is 3. The molecule has 1 heterocycles. The standard InChI is InChI=1S/C4H8N2O/c7-4-6-3-1-2-5-6/h1-2,5,7H,3-4H2. The van der Waals surface area contributed by atoms with Crippen molar-refractivity contribution in [2.45, 2.75) is 0 Å². The third-order valence-corrected chi connectivity index (χ3v) is 0.871. The molecule has 2 N–H and O–H groups in total. The molecule has 7 heavy (non-hydrogen) atoms. The van der Waals surface area contributed by atoms with Gasteiger partial charge in [0, 0.05) is 12.7 Å². The fourth-order valence-electron chi connectivity index (χ4n) is 0.489. The Labute approximate surface area is 42.2 Å². The summed E-state index contributed by atoms with van der Waals surface area (Å²) in [5, 5.41) is 10.1. The van der Waals surface area contributed by atoms with Crippen molar-refractivity contribution in [1.29, 1.82) is 0 Å². The van der Waals surface area contributed by atoms with Crippen LogP contribution in [-0.4, -0.2) is 23.4 Å². The van der Waals surface area contributed by atoms with E-state index in [9.17, 15) is 0 Å². The zero-order valence-corrected chi connectivity index (χ0v) is 3.96. The molecule has 0 spiro atoms. The van der Waals surface area contributed by atoms with E-state index in [1.807, 2.05) is 6.08 Å². The van der Waals surface area contributed by atoms with Crippen LogP contribution in [0.15, 0.2) is 12.3 Å². The number of nitrogens with zero attached hydrogens (tertiary/aromatic N) is 1. The fraction of sp³-hybridized carbons (Fsp3) is 0.500. The predicted octanol–water partition coefficient (Wildman–Crippen LogP) is -0.730. The second-order valence-electron chi connectivity index (χ2n) is 1.40. The summed E-state index contributed by atoms with van der Waals surface area (Å²) >= 11 is 0. The third-order valence-electron chi connectivity index (χ3n) is 0.871. The molecule has 0 unspecified atom stereocenters. The number of nitrogens with one attached hydrogen (secondary N) is 1. The van der Waals surface area contributed by atoms with Gasteiger partial charge < -0.3 is 10.5 Å². The van der Waals surface area contributed by atoms with Crippen LogP contribution in [0, 0.1) is 0 Å². The van der Waals surface area contributed by atoms with Crippen LogP contribution < -0.4 is 5.43 Å². The SMILES string of the molecule is OCN1CC=CN1. The number of rotatable bonds is 1. The molecule has 0 aromatic heterocycles. The highest BCUT2D eigenvalue weighted by Crippen LogP contribution is 1.87. The molecule has 3 nitrogen and oxygen atoms in total. The average Bonchev–Trinajstić information content (AvgIpc) is 2.14. The summed E-state index contributed by atoms with van der Waals surface area (Å²) in [4.78, 5) is 0. The lowest BCUT2D eigenvalue weighted by atomic mass is 10.6. The van der Waals surface area contributed by atoms with Crippen LogP contribution in [-0.2, 0) is 0 Å². The summed E-state index contributed by atoms with van der Waals surface area (Å²) in [7, 11) is 0. The van der Waals surface area contributed by atoms with Crippen molar-refractivity contribution in [1.82, 2.24) is 10.4 Å². The third kappa shape index (κ3) is 0.913. The Hall–Kier alpha value is -0.540. The number of aliphatic hydroxyl groups is 1. The Kier molecular flexibility index (Phi) is 1.29. The minimum atomic E-state index is 0.0764. The Morgan fingerprint density at radius 2 is 2.71 bits per heavy atom. The van der Waals surface area contributed by atoms with E-state index in [-0.39, 0.29) is 6.73 Å². The lowest BCUT2D eigenvalue weighted by molar-refractivity contribution is 0.0977. The van der Waals surface area contributed by atoms with Gasteiger partial charge in [0.1, 0.15) is 6.73 Å². The highest BCUT2D eigenvalue weighted by Gasteiger charge is 1.99. The zero-order valence-electron chi connectivity index (χ0n) is 3.96. The molecular formula is C4H8N2O. The molecule has 0 radical (unpaired) electrons. The van der Waals surface area contributed by atoms with Crippen molar-refractivity contribution in [3.05, 3.63) is 12.3 Å². The first kappa shape index (κ1) is 4.61. The van der Waals surface area contributed by atoms with Gasteiger partial charge in [-0.2, -0.15) is 5.01 Å². The van der Waals surface area contributed by atoms with Crippen LogP contribution in [0.5, 0.6) is 0 Å². The van der Waals surface area contributed by atoms with Crippen LogP contribution in [0.25, 0.3) is 0 Å². The van der Waals surface area contributed by atoms with Gasteiger partial charge in [0.15, 0.2) is 0 Å². The summed E-state index contributed by atoms with van der Waals surface area (Å²) < 4.78 is 0. The van der Waals surface area contributed by atoms with E-state index >= 15 is 0 Å². The fourth-order valence-corrected chi connectivity index (χ4v) is 0.489. The van der Waals surface area contributed by atoms with Crippen molar-refractivity contribution in [3.63, 3.8) is 0 Å². The van der Waals surface area contributed by atoms with Crippen molar-refractivity contribution < 1.29 is 5.11 Å². The van der Waals surface area contributed by atoms with Gasteiger partial charge in [-0.25, -0.2) is 0 Å². The van der Waals surface area contributed by atoms with Gasteiger partial charge in [0.2, 0.25) is 0 Å². The van der Waals surface area contributed by atoms with Gasteiger partial charge in [0.25, 0.3) is 0 Å². The van der Waals surface area contributed by atoms with Gasteiger partial charge in [-0.05, 0) is 0 Å². The zero-order chi connectivity index (χ0) is 5.11. The van der Waals surface area contributed by atoms with Crippen molar-refractivity contribution in [2.24, 2.45) is 0 Å². The van der Waals surface area contributed by atoms with E-state index in [1.165, 1.54) is 0 Å². The highest BCUT2D eigenvalue weighted by atomic mass is 16.3. The quantitative estimate of drug-likeness (QED) is 0.456. The second kappa shape index (κ2) is 1.95. The molecule has 0 bridgehead atoms. The molecule has 1 rings (SSSR count). The second-order valence-corrected chi connectivity index (χ2v) is 1.40. The summed E-state index contributed by atoms with van der Waals surface area (Å²) in [6.07, 6.45) is 3.74. The molecule has 40 valence electrons. The van der Waals surface area contributed by atoms with Crippen molar-refractivity contribution in [3.8, 4) is 0 Å². The average molecular weight is 100 g/mol. The maximum atomic E-state index is 8.39. The normalized spacial score (nSPS) is 20.1. The predicted molar refractivity (Wildman–Crippen MR) is 26.1 cm³/mol. The van der Waals surface area contributed by atoms with Gasteiger partial charge >= 0.3 is 0 Å². The molecule has 0 aromatic carbocycles. The van der Waals surface area contributed by atoms with E-state index in [0.29, 0.717) is 0 Å². The summed E-state index contributed by atoms with van der Waals surface area (Å²) in [6, 6.07) is 0. The molecule has 1 aliphatic rings. The van der Waals surface area contributed by atoms with Crippen LogP contribution >= 0.6 is 0 Å². The Morgan fingerprint density at radius 3 is 3.00 bits per heavy atom. The van der Waals surface area contributed by atoms with Crippen LogP contribution in [0.4, 0.5) is 0 Å².